The number of rotatable bonds is 5. The predicted octanol–water partition coefficient (Wildman–Crippen LogP) is 3.71. The molecule has 0 unspecified atom stereocenters. The second kappa shape index (κ2) is 8.69. The van der Waals surface area contributed by atoms with Crippen molar-refractivity contribution in [1.29, 1.82) is 0 Å². The van der Waals surface area contributed by atoms with Crippen LogP contribution in [0.4, 0.5) is 0 Å². The van der Waals surface area contributed by atoms with Crippen molar-refractivity contribution in [2.24, 2.45) is 13.0 Å². The average molecular weight is 419 g/mol. The molecule has 162 valence electrons. The lowest BCUT2D eigenvalue weighted by Gasteiger charge is -2.32. The average Bonchev–Trinajstić information content (AvgIpc) is 3.13. The molecule has 2 aliphatic rings. The molecule has 0 radical (unpaired) electrons. The number of carbonyl (C=O) groups is 1. The van der Waals surface area contributed by atoms with E-state index in [2.05, 4.69) is 39.2 Å². The summed E-state index contributed by atoms with van der Waals surface area (Å²) in [5.41, 5.74) is 4.72. The fraction of sp³-hybridized carbons (Fsp3) is 0.480. The first-order valence-corrected chi connectivity index (χ1v) is 11.5. The maximum Gasteiger partial charge on any atom is 0.233 e. The summed E-state index contributed by atoms with van der Waals surface area (Å²) in [6.45, 7) is 2.25. The summed E-state index contributed by atoms with van der Waals surface area (Å²) in [6.07, 6.45) is 9.05. The van der Waals surface area contributed by atoms with Crippen molar-refractivity contribution in [1.82, 2.24) is 19.7 Å². The van der Waals surface area contributed by atoms with E-state index in [9.17, 15) is 4.79 Å². The molecule has 5 rings (SSSR count). The third-order valence-electron chi connectivity index (χ3n) is 6.80. The molecule has 2 aromatic heterocycles. The van der Waals surface area contributed by atoms with Gasteiger partial charge in [-0.25, -0.2) is 0 Å². The van der Waals surface area contributed by atoms with Gasteiger partial charge in [-0.1, -0.05) is 18.2 Å². The largest absolute Gasteiger partial charge is 0.476 e. The Morgan fingerprint density at radius 3 is 2.81 bits per heavy atom. The molecule has 0 saturated carbocycles. The number of amides is 1. The van der Waals surface area contributed by atoms with Crippen LogP contribution in [0.3, 0.4) is 0 Å². The molecule has 1 amide bonds. The van der Waals surface area contributed by atoms with Crippen LogP contribution in [0.15, 0.2) is 36.5 Å². The van der Waals surface area contributed by atoms with Crippen molar-refractivity contribution >= 4 is 16.8 Å². The van der Waals surface area contributed by atoms with Gasteiger partial charge in [0.2, 0.25) is 11.8 Å². The first-order valence-electron chi connectivity index (χ1n) is 11.5. The van der Waals surface area contributed by atoms with Crippen LogP contribution in [0.2, 0.25) is 0 Å². The van der Waals surface area contributed by atoms with Crippen LogP contribution in [0.1, 0.15) is 42.5 Å². The molecule has 1 aliphatic carbocycles. The maximum absolute atomic E-state index is 12.9. The molecule has 1 fully saturated rings. The highest BCUT2D eigenvalue weighted by Crippen LogP contribution is 2.25. The van der Waals surface area contributed by atoms with Crippen molar-refractivity contribution in [3.05, 3.63) is 53.3 Å². The number of nitrogens with zero attached hydrogens (tertiary/aromatic N) is 4. The lowest BCUT2D eigenvalue weighted by Crippen LogP contribution is -2.40. The molecule has 31 heavy (non-hydrogen) atoms. The fourth-order valence-corrected chi connectivity index (χ4v) is 4.93. The number of aryl methyl sites for hydroxylation is 3. The Kier molecular flexibility index (Phi) is 5.62. The highest BCUT2D eigenvalue weighted by atomic mass is 16.5. The molecular formula is C25H30N4O2. The third kappa shape index (κ3) is 4.29. The monoisotopic (exact) mass is 418 g/mol. The minimum absolute atomic E-state index is 0.219. The van der Waals surface area contributed by atoms with E-state index < -0.39 is 0 Å². The van der Waals surface area contributed by atoms with Gasteiger partial charge in [0.25, 0.3) is 0 Å². The molecule has 0 atom stereocenters. The molecule has 3 heterocycles. The van der Waals surface area contributed by atoms with Crippen LogP contribution >= 0.6 is 0 Å². The lowest BCUT2D eigenvalue weighted by molar-refractivity contribution is -0.132. The fourth-order valence-electron chi connectivity index (χ4n) is 4.93. The molecule has 1 aliphatic heterocycles. The van der Waals surface area contributed by atoms with Gasteiger partial charge in [0.1, 0.15) is 0 Å². The quantitative estimate of drug-likeness (QED) is 0.634. The summed E-state index contributed by atoms with van der Waals surface area (Å²) in [6, 6.07) is 10.3. The molecule has 1 aromatic carbocycles. The van der Waals surface area contributed by atoms with Crippen LogP contribution in [0.5, 0.6) is 5.88 Å². The van der Waals surface area contributed by atoms with E-state index in [4.69, 9.17) is 4.74 Å². The van der Waals surface area contributed by atoms with Crippen LogP contribution in [-0.2, 0) is 31.1 Å². The highest BCUT2D eigenvalue weighted by molar-refractivity contribution is 5.89. The maximum atomic E-state index is 12.9. The molecule has 0 spiro atoms. The number of piperidine rings is 1. The lowest BCUT2D eigenvalue weighted by atomic mass is 9.96. The Morgan fingerprint density at radius 1 is 1.13 bits per heavy atom. The summed E-state index contributed by atoms with van der Waals surface area (Å²) >= 11 is 0. The van der Waals surface area contributed by atoms with E-state index >= 15 is 0 Å². The molecule has 0 bridgehead atoms. The van der Waals surface area contributed by atoms with Gasteiger partial charge in [0.15, 0.2) is 0 Å². The van der Waals surface area contributed by atoms with Crippen LogP contribution < -0.4 is 4.74 Å². The SMILES string of the molecule is Cn1cc(CC(=O)N2CCC(COc3cc4c(nn3)CCCC4)CC2)c2ccccc21. The molecule has 3 aromatic rings. The van der Waals surface area contributed by atoms with Crippen molar-refractivity contribution in [3.8, 4) is 5.88 Å². The van der Waals surface area contributed by atoms with Gasteiger partial charge in [-0.05, 0) is 61.6 Å². The van der Waals surface area contributed by atoms with E-state index in [1.807, 2.05) is 24.1 Å². The van der Waals surface area contributed by atoms with E-state index in [0.29, 0.717) is 24.8 Å². The number of para-hydroxylation sites is 1. The minimum atomic E-state index is 0.219. The molecular weight excluding hydrogens is 388 g/mol. The third-order valence-corrected chi connectivity index (χ3v) is 6.80. The first-order chi connectivity index (χ1) is 15.2. The van der Waals surface area contributed by atoms with Gasteiger partial charge in [-0.2, -0.15) is 5.10 Å². The zero-order chi connectivity index (χ0) is 21.2. The Hall–Kier alpha value is -2.89. The predicted molar refractivity (Wildman–Crippen MR) is 120 cm³/mol. The Labute approximate surface area is 183 Å². The Bertz CT molecular complexity index is 1080. The number of hydrogen-bond acceptors (Lipinski definition) is 4. The van der Waals surface area contributed by atoms with Gasteiger partial charge in [0.05, 0.1) is 18.7 Å². The number of aromatic nitrogens is 3. The standard InChI is InChI=1S/C25H30N4O2/c1-28-16-20(21-7-3-5-9-23(21)28)15-25(30)29-12-10-18(11-13-29)17-31-24-14-19-6-2-4-8-22(19)26-27-24/h3,5,7,9,14,16,18H,2,4,6,8,10-13,15,17H2,1H3. The van der Waals surface area contributed by atoms with Gasteiger partial charge in [0, 0.05) is 43.3 Å². The number of hydrogen-bond donors (Lipinski definition) is 0. The number of carbonyl (C=O) groups excluding carboxylic acids is 1. The highest BCUT2D eigenvalue weighted by Gasteiger charge is 2.24. The molecule has 0 N–H and O–H groups in total. The summed E-state index contributed by atoms with van der Waals surface area (Å²) in [4.78, 5) is 14.9. The molecule has 6 nitrogen and oxygen atoms in total. The van der Waals surface area contributed by atoms with Crippen molar-refractivity contribution < 1.29 is 9.53 Å². The Morgan fingerprint density at radius 2 is 1.94 bits per heavy atom. The topological polar surface area (TPSA) is 60.2 Å². The van der Waals surface area contributed by atoms with Gasteiger partial charge in [-0.3, -0.25) is 4.79 Å². The van der Waals surface area contributed by atoms with Crippen molar-refractivity contribution in [2.45, 2.75) is 44.9 Å². The van der Waals surface area contributed by atoms with Crippen LogP contribution in [0, 0.1) is 5.92 Å². The first kappa shape index (κ1) is 20.0. The normalized spacial score (nSPS) is 17.0. The van der Waals surface area contributed by atoms with E-state index in [0.717, 1.165) is 50.0 Å². The van der Waals surface area contributed by atoms with Crippen molar-refractivity contribution in [2.75, 3.05) is 19.7 Å². The number of fused-ring (bicyclic) bond motifs is 2. The Balaban J connectivity index is 1.13. The number of ether oxygens (including phenoxy) is 1. The van der Waals surface area contributed by atoms with Crippen LogP contribution in [0.25, 0.3) is 10.9 Å². The number of likely N-dealkylation sites (tertiary alicyclic amines) is 1. The summed E-state index contributed by atoms with van der Waals surface area (Å²) in [5, 5.41) is 9.78. The smallest absolute Gasteiger partial charge is 0.233 e. The van der Waals surface area contributed by atoms with Gasteiger partial charge in [-0.15, -0.1) is 5.10 Å². The zero-order valence-electron chi connectivity index (χ0n) is 18.2. The summed E-state index contributed by atoms with van der Waals surface area (Å²) < 4.78 is 8.08. The number of benzene rings is 1. The second-order valence-electron chi connectivity index (χ2n) is 8.96. The minimum Gasteiger partial charge on any atom is -0.476 e. The van der Waals surface area contributed by atoms with Gasteiger partial charge >= 0.3 is 0 Å². The van der Waals surface area contributed by atoms with E-state index in [1.165, 1.54) is 29.3 Å². The van der Waals surface area contributed by atoms with E-state index in [-0.39, 0.29) is 5.91 Å². The summed E-state index contributed by atoms with van der Waals surface area (Å²) in [5.74, 6) is 1.32. The zero-order valence-corrected chi connectivity index (χ0v) is 18.2. The summed E-state index contributed by atoms with van der Waals surface area (Å²) in [7, 11) is 2.04. The van der Waals surface area contributed by atoms with Crippen LogP contribution in [-0.4, -0.2) is 45.3 Å². The van der Waals surface area contributed by atoms with Gasteiger partial charge < -0.3 is 14.2 Å². The van der Waals surface area contributed by atoms with E-state index in [1.54, 1.807) is 0 Å². The molecule has 6 heteroatoms. The van der Waals surface area contributed by atoms with Crippen molar-refractivity contribution in [3.63, 3.8) is 0 Å². The molecule has 1 saturated heterocycles. The second-order valence-corrected chi connectivity index (χ2v) is 8.96.